The molecule has 22 heavy (non-hydrogen) atoms. The SMILES string of the molecule is CC(C)(C)OC(=O)NCCNc1cccc2c(O)cccc12. The lowest BCUT2D eigenvalue weighted by atomic mass is 10.1. The first-order chi connectivity index (χ1) is 10.4. The molecule has 0 saturated heterocycles. The van der Waals surface area contributed by atoms with E-state index in [1.54, 1.807) is 6.07 Å². The summed E-state index contributed by atoms with van der Waals surface area (Å²) in [5.74, 6) is 0.257. The molecule has 2 rings (SSSR count). The molecule has 2 aromatic rings. The zero-order valence-electron chi connectivity index (χ0n) is 13.1. The van der Waals surface area contributed by atoms with E-state index in [2.05, 4.69) is 10.6 Å². The maximum atomic E-state index is 11.5. The van der Waals surface area contributed by atoms with Gasteiger partial charge in [-0.05, 0) is 32.9 Å². The van der Waals surface area contributed by atoms with Crippen molar-refractivity contribution in [2.24, 2.45) is 0 Å². The van der Waals surface area contributed by atoms with Gasteiger partial charge in [-0.15, -0.1) is 0 Å². The van der Waals surface area contributed by atoms with Gasteiger partial charge in [0, 0.05) is 29.5 Å². The molecule has 0 radical (unpaired) electrons. The van der Waals surface area contributed by atoms with Gasteiger partial charge in [0.25, 0.3) is 0 Å². The van der Waals surface area contributed by atoms with Crippen molar-refractivity contribution in [2.75, 3.05) is 18.4 Å². The fraction of sp³-hybridized carbons (Fsp3) is 0.353. The molecule has 0 saturated carbocycles. The number of ether oxygens (including phenoxy) is 1. The number of hydrogen-bond acceptors (Lipinski definition) is 4. The summed E-state index contributed by atoms with van der Waals surface area (Å²) in [6.07, 6.45) is -0.426. The van der Waals surface area contributed by atoms with Gasteiger partial charge in [-0.1, -0.05) is 24.3 Å². The van der Waals surface area contributed by atoms with E-state index in [4.69, 9.17) is 4.74 Å². The Morgan fingerprint density at radius 3 is 2.50 bits per heavy atom. The first-order valence-corrected chi connectivity index (χ1v) is 7.28. The van der Waals surface area contributed by atoms with Gasteiger partial charge in [-0.25, -0.2) is 4.79 Å². The normalized spacial score (nSPS) is 11.2. The summed E-state index contributed by atoms with van der Waals surface area (Å²) >= 11 is 0. The molecular weight excluding hydrogens is 280 g/mol. The Labute approximate surface area is 130 Å². The molecule has 1 amide bonds. The number of anilines is 1. The molecule has 0 bridgehead atoms. The van der Waals surface area contributed by atoms with Crippen LogP contribution in [0.4, 0.5) is 10.5 Å². The number of benzene rings is 2. The van der Waals surface area contributed by atoms with Crippen molar-refractivity contribution in [1.82, 2.24) is 5.32 Å². The minimum absolute atomic E-state index is 0.257. The van der Waals surface area contributed by atoms with Crippen LogP contribution in [0.15, 0.2) is 36.4 Å². The van der Waals surface area contributed by atoms with Crippen LogP contribution in [-0.2, 0) is 4.74 Å². The Bertz CT molecular complexity index is 662. The number of phenols is 1. The van der Waals surface area contributed by atoms with Gasteiger partial charge in [0.2, 0.25) is 0 Å². The maximum Gasteiger partial charge on any atom is 0.407 e. The Morgan fingerprint density at radius 2 is 1.77 bits per heavy atom. The number of hydrogen-bond donors (Lipinski definition) is 3. The van der Waals surface area contributed by atoms with E-state index < -0.39 is 11.7 Å². The van der Waals surface area contributed by atoms with E-state index in [9.17, 15) is 9.90 Å². The highest BCUT2D eigenvalue weighted by Gasteiger charge is 2.15. The van der Waals surface area contributed by atoms with Gasteiger partial charge in [0.15, 0.2) is 0 Å². The fourth-order valence-corrected chi connectivity index (χ4v) is 2.12. The van der Waals surface area contributed by atoms with Crippen molar-refractivity contribution in [3.05, 3.63) is 36.4 Å². The third-order valence-corrected chi connectivity index (χ3v) is 3.01. The van der Waals surface area contributed by atoms with Crippen molar-refractivity contribution in [2.45, 2.75) is 26.4 Å². The lowest BCUT2D eigenvalue weighted by molar-refractivity contribution is 0.0530. The molecule has 3 N–H and O–H groups in total. The lowest BCUT2D eigenvalue weighted by Crippen LogP contribution is -2.35. The predicted octanol–water partition coefficient (Wildman–Crippen LogP) is 3.48. The third kappa shape index (κ3) is 4.28. The van der Waals surface area contributed by atoms with Crippen LogP contribution >= 0.6 is 0 Å². The molecule has 0 spiro atoms. The quantitative estimate of drug-likeness (QED) is 0.756. The Balaban J connectivity index is 1.91. The summed E-state index contributed by atoms with van der Waals surface area (Å²) in [4.78, 5) is 11.5. The number of carbonyl (C=O) groups is 1. The molecule has 2 aromatic carbocycles. The number of amides is 1. The lowest BCUT2D eigenvalue weighted by Gasteiger charge is -2.19. The zero-order chi connectivity index (χ0) is 16.2. The monoisotopic (exact) mass is 302 g/mol. The highest BCUT2D eigenvalue weighted by molar-refractivity contribution is 5.97. The molecule has 0 aliphatic carbocycles. The van der Waals surface area contributed by atoms with Crippen molar-refractivity contribution in [3.63, 3.8) is 0 Å². The summed E-state index contributed by atoms with van der Waals surface area (Å²) in [5.41, 5.74) is 0.421. The fourth-order valence-electron chi connectivity index (χ4n) is 2.12. The molecule has 5 heteroatoms. The second-order valence-corrected chi connectivity index (χ2v) is 6.03. The molecule has 0 aliphatic heterocycles. The van der Waals surface area contributed by atoms with Crippen LogP contribution in [0.1, 0.15) is 20.8 Å². The molecule has 0 heterocycles. The molecule has 0 aromatic heterocycles. The van der Waals surface area contributed by atoms with Crippen LogP contribution in [0.5, 0.6) is 5.75 Å². The van der Waals surface area contributed by atoms with E-state index in [1.165, 1.54) is 0 Å². The van der Waals surface area contributed by atoms with Gasteiger partial charge in [-0.3, -0.25) is 0 Å². The van der Waals surface area contributed by atoms with Crippen molar-refractivity contribution in [3.8, 4) is 5.75 Å². The highest BCUT2D eigenvalue weighted by Crippen LogP contribution is 2.29. The number of phenolic OH excluding ortho intramolecular Hbond substituents is 1. The van der Waals surface area contributed by atoms with Gasteiger partial charge >= 0.3 is 6.09 Å². The van der Waals surface area contributed by atoms with E-state index in [0.717, 1.165) is 16.5 Å². The standard InChI is InChI=1S/C17H22N2O3/c1-17(2,3)22-16(21)19-11-10-18-14-8-4-7-13-12(14)6-5-9-15(13)20/h4-9,18,20H,10-11H2,1-3H3,(H,19,21). The first-order valence-electron chi connectivity index (χ1n) is 7.28. The van der Waals surface area contributed by atoms with Gasteiger partial charge in [-0.2, -0.15) is 0 Å². The maximum absolute atomic E-state index is 11.5. The molecule has 0 fully saturated rings. The molecule has 5 nitrogen and oxygen atoms in total. The molecule has 0 atom stereocenters. The highest BCUT2D eigenvalue weighted by atomic mass is 16.6. The van der Waals surface area contributed by atoms with Gasteiger partial charge < -0.3 is 20.5 Å². The Kier molecular flexibility index (Phi) is 4.75. The average molecular weight is 302 g/mol. The minimum Gasteiger partial charge on any atom is -0.507 e. The van der Waals surface area contributed by atoms with E-state index in [0.29, 0.717) is 13.1 Å². The Morgan fingerprint density at radius 1 is 1.09 bits per heavy atom. The second-order valence-electron chi connectivity index (χ2n) is 6.03. The van der Waals surface area contributed by atoms with Crippen LogP contribution in [0.25, 0.3) is 10.8 Å². The van der Waals surface area contributed by atoms with Crippen molar-refractivity contribution >= 4 is 22.6 Å². The smallest absolute Gasteiger partial charge is 0.407 e. The average Bonchev–Trinajstić information content (AvgIpc) is 2.42. The topological polar surface area (TPSA) is 70.6 Å². The third-order valence-electron chi connectivity index (χ3n) is 3.01. The molecule has 0 aliphatic rings. The van der Waals surface area contributed by atoms with Crippen LogP contribution in [0.2, 0.25) is 0 Å². The van der Waals surface area contributed by atoms with E-state index >= 15 is 0 Å². The number of carbonyl (C=O) groups excluding carboxylic acids is 1. The predicted molar refractivity (Wildman–Crippen MR) is 88.3 cm³/mol. The second kappa shape index (κ2) is 6.56. The van der Waals surface area contributed by atoms with Crippen molar-refractivity contribution in [1.29, 1.82) is 0 Å². The largest absolute Gasteiger partial charge is 0.507 e. The number of nitrogens with one attached hydrogen (secondary N) is 2. The number of fused-ring (bicyclic) bond motifs is 1. The summed E-state index contributed by atoms with van der Waals surface area (Å²) in [6, 6.07) is 11.1. The van der Waals surface area contributed by atoms with E-state index in [1.807, 2.05) is 51.1 Å². The van der Waals surface area contributed by atoms with Crippen LogP contribution < -0.4 is 10.6 Å². The number of alkyl carbamates (subject to hydrolysis) is 1. The summed E-state index contributed by atoms with van der Waals surface area (Å²) in [6.45, 7) is 6.49. The summed E-state index contributed by atoms with van der Waals surface area (Å²) in [7, 11) is 0. The van der Waals surface area contributed by atoms with Crippen LogP contribution in [0.3, 0.4) is 0 Å². The summed E-state index contributed by atoms with van der Waals surface area (Å²) < 4.78 is 5.17. The van der Waals surface area contributed by atoms with E-state index in [-0.39, 0.29) is 5.75 Å². The van der Waals surface area contributed by atoms with Gasteiger partial charge in [0.1, 0.15) is 11.4 Å². The molecule has 118 valence electrons. The van der Waals surface area contributed by atoms with Crippen LogP contribution in [0, 0.1) is 0 Å². The molecular formula is C17H22N2O3. The van der Waals surface area contributed by atoms with Crippen LogP contribution in [-0.4, -0.2) is 29.9 Å². The molecule has 0 unspecified atom stereocenters. The number of rotatable bonds is 4. The Hall–Kier alpha value is -2.43. The van der Waals surface area contributed by atoms with Crippen molar-refractivity contribution < 1.29 is 14.6 Å². The number of aromatic hydroxyl groups is 1. The first kappa shape index (κ1) is 15.9. The van der Waals surface area contributed by atoms with Gasteiger partial charge in [0.05, 0.1) is 0 Å². The minimum atomic E-state index is -0.495. The summed E-state index contributed by atoms with van der Waals surface area (Å²) in [5, 5.41) is 17.5. The zero-order valence-corrected chi connectivity index (χ0v) is 13.1.